The quantitative estimate of drug-likeness (QED) is 0.367. The zero-order valence-electron chi connectivity index (χ0n) is 22.4. The number of anilines is 1. The minimum absolute atomic E-state index is 0.161. The normalized spacial score (nSPS) is 17.5. The highest BCUT2D eigenvalue weighted by molar-refractivity contribution is 5.95. The van der Waals surface area contributed by atoms with E-state index in [1.54, 1.807) is 11.1 Å². The van der Waals surface area contributed by atoms with E-state index in [1.165, 1.54) is 20.3 Å². The number of nitrogen functional groups attached to an aromatic ring is 1. The molecule has 10 nitrogen and oxygen atoms in total. The Morgan fingerprint density at radius 1 is 1.20 bits per heavy atom. The highest BCUT2D eigenvalue weighted by Gasteiger charge is 2.30. The van der Waals surface area contributed by atoms with E-state index in [0.717, 1.165) is 30.2 Å². The number of rotatable bonds is 6. The van der Waals surface area contributed by atoms with Gasteiger partial charge in [-0.3, -0.25) is 14.4 Å². The number of pyridine rings is 1. The number of methoxy groups -OCH3 is 2. The van der Waals surface area contributed by atoms with Crippen LogP contribution in [0.25, 0.3) is 10.9 Å². The van der Waals surface area contributed by atoms with Gasteiger partial charge < -0.3 is 24.8 Å². The summed E-state index contributed by atoms with van der Waals surface area (Å²) in [6, 6.07) is 0.952. The van der Waals surface area contributed by atoms with Gasteiger partial charge >= 0.3 is 0 Å². The molecule has 210 valence electrons. The number of amides is 1. The SMILES string of the molecule is C=CC(=O)N1CCC(n2nc(C#Cc3c(F)c(OC)cc(OC)c3F)c3c(N)ncc(CN4CCOCC4)c32)C1. The van der Waals surface area contributed by atoms with Crippen LogP contribution in [0.3, 0.4) is 0 Å². The predicted molar refractivity (Wildman–Crippen MR) is 144 cm³/mol. The number of nitrogens with zero attached hydrogens (tertiary/aromatic N) is 5. The topological polar surface area (TPSA) is 108 Å². The molecule has 1 aromatic carbocycles. The number of carbonyl (C=O) groups excluding carboxylic acids is 1. The van der Waals surface area contributed by atoms with Crippen molar-refractivity contribution in [2.24, 2.45) is 0 Å². The number of hydrogen-bond acceptors (Lipinski definition) is 8. The summed E-state index contributed by atoms with van der Waals surface area (Å²) >= 11 is 0. The van der Waals surface area contributed by atoms with Crippen LogP contribution in [0.15, 0.2) is 24.9 Å². The lowest BCUT2D eigenvalue weighted by Crippen LogP contribution is -2.35. The Morgan fingerprint density at radius 3 is 2.55 bits per heavy atom. The Morgan fingerprint density at radius 2 is 1.90 bits per heavy atom. The van der Waals surface area contributed by atoms with Gasteiger partial charge in [-0.2, -0.15) is 5.10 Å². The third-order valence-corrected chi connectivity index (χ3v) is 7.20. The van der Waals surface area contributed by atoms with Gasteiger partial charge in [-0.1, -0.05) is 12.5 Å². The van der Waals surface area contributed by atoms with E-state index in [9.17, 15) is 4.79 Å². The molecule has 2 saturated heterocycles. The molecule has 0 radical (unpaired) electrons. The number of carbonyl (C=O) groups is 1. The van der Waals surface area contributed by atoms with Gasteiger partial charge in [0, 0.05) is 50.6 Å². The summed E-state index contributed by atoms with van der Waals surface area (Å²) in [5.41, 5.74) is 7.66. The van der Waals surface area contributed by atoms with Gasteiger partial charge in [0.2, 0.25) is 5.91 Å². The van der Waals surface area contributed by atoms with Crippen LogP contribution >= 0.6 is 0 Å². The van der Waals surface area contributed by atoms with E-state index in [2.05, 4.69) is 28.3 Å². The van der Waals surface area contributed by atoms with Crippen molar-refractivity contribution in [2.45, 2.75) is 19.0 Å². The smallest absolute Gasteiger partial charge is 0.246 e. The van der Waals surface area contributed by atoms with Crippen LogP contribution in [-0.2, 0) is 16.1 Å². The zero-order valence-corrected chi connectivity index (χ0v) is 22.4. The van der Waals surface area contributed by atoms with Crippen molar-refractivity contribution >= 4 is 22.6 Å². The molecule has 1 unspecified atom stereocenters. The van der Waals surface area contributed by atoms with Crippen LogP contribution in [-0.4, -0.2) is 84.1 Å². The van der Waals surface area contributed by atoms with Crippen molar-refractivity contribution in [3.63, 3.8) is 0 Å². The number of hydrogen-bond donors (Lipinski definition) is 1. The Kier molecular flexibility index (Phi) is 7.86. The minimum atomic E-state index is -0.953. The second-order valence-corrected chi connectivity index (χ2v) is 9.54. The largest absolute Gasteiger partial charge is 0.493 e. The molecule has 2 aliphatic heterocycles. The third kappa shape index (κ3) is 5.05. The van der Waals surface area contributed by atoms with Crippen LogP contribution in [0.4, 0.5) is 14.6 Å². The fourth-order valence-corrected chi connectivity index (χ4v) is 5.11. The molecular formula is C28H30F2N6O4. The van der Waals surface area contributed by atoms with Crippen molar-refractivity contribution in [2.75, 3.05) is 59.3 Å². The highest BCUT2D eigenvalue weighted by Crippen LogP contribution is 2.34. The van der Waals surface area contributed by atoms with Gasteiger partial charge in [-0.05, 0) is 18.4 Å². The standard InChI is InChI=1S/C28H30F2N6O4/c1-4-23(37)35-8-7-18(16-35)36-27-17(15-34-9-11-40-12-10-34)14-32-28(31)24(27)20(33-36)6-5-19-25(29)21(38-2)13-22(39-3)26(19)30/h4,13-14,18H,1,7-12,15-16H2,2-3H3,(H2,31,32). The molecular weight excluding hydrogens is 522 g/mol. The summed E-state index contributed by atoms with van der Waals surface area (Å²) in [5.74, 6) is 3.13. The lowest BCUT2D eigenvalue weighted by molar-refractivity contribution is -0.125. The van der Waals surface area contributed by atoms with Gasteiger partial charge in [0.25, 0.3) is 0 Å². The van der Waals surface area contributed by atoms with E-state index in [-0.39, 0.29) is 35.0 Å². The summed E-state index contributed by atoms with van der Waals surface area (Å²) in [4.78, 5) is 20.6. The lowest BCUT2D eigenvalue weighted by Gasteiger charge is -2.27. The Bertz CT molecular complexity index is 1490. The molecule has 0 aliphatic carbocycles. The monoisotopic (exact) mass is 552 g/mol. The molecule has 4 heterocycles. The number of nitrogens with two attached hydrogens (primary N) is 1. The maximum absolute atomic E-state index is 15.0. The number of benzene rings is 1. The van der Waals surface area contributed by atoms with Gasteiger partial charge in [-0.25, -0.2) is 13.8 Å². The first-order chi connectivity index (χ1) is 19.4. The predicted octanol–water partition coefficient (Wildman–Crippen LogP) is 2.50. The van der Waals surface area contributed by atoms with E-state index in [1.807, 2.05) is 4.68 Å². The van der Waals surface area contributed by atoms with Crippen LogP contribution in [0, 0.1) is 23.5 Å². The average molecular weight is 553 g/mol. The molecule has 12 heteroatoms. The second-order valence-electron chi connectivity index (χ2n) is 9.54. The van der Waals surface area contributed by atoms with Crippen LogP contribution < -0.4 is 15.2 Å². The first-order valence-electron chi connectivity index (χ1n) is 12.8. The fourth-order valence-electron chi connectivity index (χ4n) is 5.11. The number of ether oxygens (including phenoxy) is 3. The Labute approximate surface area is 230 Å². The molecule has 3 aromatic rings. The van der Waals surface area contributed by atoms with E-state index in [4.69, 9.17) is 25.0 Å². The number of likely N-dealkylation sites (tertiary alicyclic amines) is 1. The first-order valence-corrected chi connectivity index (χ1v) is 12.8. The van der Waals surface area contributed by atoms with Crippen molar-refractivity contribution in [1.29, 1.82) is 0 Å². The van der Waals surface area contributed by atoms with Crippen molar-refractivity contribution in [3.8, 4) is 23.3 Å². The molecule has 0 spiro atoms. The van der Waals surface area contributed by atoms with Gasteiger partial charge in [0.15, 0.2) is 23.1 Å². The number of fused-ring (bicyclic) bond motifs is 1. The number of aromatic nitrogens is 3. The van der Waals surface area contributed by atoms with E-state index < -0.39 is 17.2 Å². The average Bonchev–Trinajstić information content (AvgIpc) is 3.61. The molecule has 40 heavy (non-hydrogen) atoms. The van der Waals surface area contributed by atoms with Crippen molar-refractivity contribution < 1.29 is 27.8 Å². The molecule has 2 aliphatic rings. The molecule has 2 N–H and O–H groups in total. The molecule has 0 bridgehead atoms. The Balaban J connectivity index is 1.65. The summed E-state index contributed by atoms with van der Waals surface area (Å²) < 4.78 is 47.4. The molecule has 0 saturated carbocycles. The molecule has 5 rings (SSSR count). The first kappa shape index (κ1) is 27.4. The molecule has 2 fully saturated rings. The minimum Gasteiger partial charge on any atom is -0.493 e. The van der Waals surface area contributed by atoms with Gasteiger partial charge in [0.1, 0.15) is 17.1 Å². The fraction of sp³-hybridized carbons (Fsp3) is 0.393. The lowest BCUT2D eigenvalue weighted by atomic mass is 10.1. The van der Waals surface area contributed by atoms with Crippen molar-refractivity contribution in [3.05, 3.63) is 53.4 Å². The third-order valence-electron chi connectivity index (χ3n) is 7.20. The van der Waals surface area contributed by atoms with E-state index in [0.29, 0.717) is 44.7 Å². The van der Waals surface area contributed by atoms with Crippen LogP contribution in [0.1, 0.15) is 29.3 Å². The molecule has 1 atom stereocenters. The van der Waals surface area contributed by atoms with Gasteiger partial charge in [0.05, 0.1) is 44.4 Å². The zero-order chi connectivity index (χ0) is 28.4. The second kappa shape index (κ2) is 11.5. The summed E-state index contributed by atoms with van der Waals surface area (Å²) in [6.07, 6.45) is 3.66. The molecule has 1 amide bonds. The number of morpholine rings is 1. The van der Waals surface area contributed by atoms with E-state index >= 15 is 8.78 Å². The van der Waals surface area contributed by atoms with Crippen LogP contribution in [0.2, 0.25) is 0 Å². The highest BCUT2D eigenvalue weighted by atomic mass is 19.1. The Hall–Kier alpha value is -4.21. The maximum Gasteiger partial charge on any atom is 0.246 e. The summed E-state index contributed by atoms with van der Waals surface area (Å²) in [5, 5.41) is 5.26. The van der Waals surface area contributed by atoms with Gasteiger partial charge in [-0.15, -0.1) is 0 Å². The summed E-state index contributed by atoms with van der Waals surface area (Å²) in [6.45, 7) is 7.89. The van der Waals surface area contributed by atoms with Crippen molar-refractivity contribution in [1.82, 2.24) is 24.6 Å². The molecule has 2 aromatic heterocycles. The number of halogens is 2. The van der Waals surface area contributed by atoms with Crippen LogP contribution in [0.5, 0.6) is 11.5 Å². The summed E-state index contributed by atoms with van der Waals surface area (Å²) in [7, 11) is 2.54. The maximum atomic E-state index is 15.0.